The van der Waals surface area contributed by atoms with Crippen LogP contribution in [0.15, 0.2) is 18.3 Å². The molecule has 2 heteroatoms. The highest BCUT2D eigenvalue weighted by molar-refractivity contribution is 5.15. The largest absolute Gasteiger partial charge is 0.344 e. The third kappa shape index (κ3) is 1.82. The average Bonchev–Trinajstić information content (AvgIpc) is 1.77. The van der Waals surface area contributed by atoms with Gasteiger partial charge in [-0.3, -0.25) is 4.98 Å². The lowest BCUT2D eigenvalue weighted by atomic mass is 10.2. The van der Waals surface area contributed by atoms with Crippen LogP contribution >= 0.6 is 0 Å². The summed E-state index contributed by atoms with van der Waals surface area (Å²) in [5.41, 5.74) is 2.38. The fraction of sp³-hybridized carbons (Fsp3) is 0.286. The standard InChI is InChI=1S/C7H9N.H3N/c1-6-4-3-5-8-7(6)2;/h3-5H,1-2H3;1H3. The third-order valence-corrected chi connectivity index (χ3v) is 1.27. The highest BCUT2D eigenvalue weighted by Crippen LogP contribution is 1.98. The molecule has 0 bridgehead atoms. The van der Waals surface area contributed by atoms with Crippen LogP contribution < -0.4 is 6.15 Å². The maximum atomic E-state index is 4.08. The first-order valence-electron chi connectivity index (χ1n) is 2.69. The van der Waals surface area contributed by atoms with Gasteiger partial charge in [-0.2, -0.15) is 0 Å². The molecule has 1 heterocycles. The van der Waals surface area contributed by atoms with Gasteiger partial charge in [0.25, 0.3) is 0 Å². The van der Waals surface area contributed by atoms with Crippen LogP contribution in [-0.2, 0) is 0 Å². The Morgan fingerprint density at radius 2 is 2.00 bits per heavy atom. The second kappa shape index (κ2) is 3.20. The van der Waals surface area contributed by atoms with Crippen LogP contribution in [0, 0.1) is 13.8 Å². The second-order valence-electron chi connectivity index (χ2n) is 1.91. The van der Waals surface area contributed by atoms with Crippen molar-refractivity contribution in [3.63, 3.8) is 0 Å². The first kappa shape index (κ1) is 8.11. The quantitative estimate of drug-likeness (QED) is 0.573. The Hall–Kier alpha value is -0.890. The molecule has 0 aromatic carbocycles. The third-order valence-electron chi connectivity index (χ3n) is 1.27. The lowest BCUT2D eigenvalue weighted by molar-refractivity contribution is 1.15. The molecule has 3 N–H and O–H groups in total. The van der Waals surface area contributed by atoms with Gasteiger partial charge < -0.3 is 6.15 Å². The minimum atomic E-state index is 0. The smallest absolute Gasteiger partial charge is 0.0401 e. The second-order valence-corrected chi connectivity index (χ2v) is 1.91. The Labute approximate surface area is 55.5 Å². The molecule has 0 saturated carbocycles. The van der Waals surface area contributed by atoms with E-state index in [1.807, 2.05) is 19.2 Å². The van der Waals surface area contributed by atoms with Gasteiger partial charge in [-0.15, -0.1) is 0 Å². The van der Waals surface area contributed by atoms with Crippen molar-refractivity contribution < 1.29 is 0 Å². The lowest BCUT2D eigenvalue weighted by Crippen LogP contribution is -1.81. The van der Waals surface area contributed by atoms with Crippen LogP contribution in [-0.4, -0.2) is 4.98 Å². The van der Waals surface area contributed by atoms with E-state index in [1.54, 1.807) is 0 Å². The molecule has 0 amide bonds. The molecular formula is C7H12N2. The molecule has 1 aromatic rings. The molecule has 0 unspecified atom stereocenters. The highest BCUT2D eigenvalue weighted by Gasteiger charge is 1.85. The molecule has 2 nitrogen and oxygen atoms in total. The van der Waals surface area contributed by atoms with E-state index in [9.17, 15) is 0 Å². The molecule has 9 heavy (non-hydrogen) atoms. The zero-order valence-electron chi connectivity index (χ0n) is 5.89. The van der Waals surface area contributed by atoms with Crippen LogP contribution in [0.2, 0.25) is 0 Å². The summed E-state index contributed by atoms with van der Waals surface area (Å²) >= 11 is 0. The predicted molar refractivity (Wildman–Crippen MR) is 38.7 cm³/mol. The molecule has 0 fully saturated rings. The molecule has 50 valence electrons. The SMILES string of the molecule is Cc1cccnc1C.N. The van der Waals surface area contributed by atoms with Crippen molar-refractivity contribution in [2.75, 3.05) is 0 Å². The molecule has 0 aliphatic heterocycles. The van der Waals surface area contributed by atoms with E-state index >= 15 is 0 Å². The zero-order chi connectivity index (χ0) is 5.98. The molecule has 0 atom stereocenters. The molecule has 0 radical (unpaired) electrons. The van der Waals surface area contributed by atoms with Crippen molar-refractivity contribution in [2.45, 2.75) is 13.8 Å². The van der Waals surface area contributed by atoms with E-state index in [1.165, 1.54) is 5.56 Å². The van der Waals surface area contributed by atoms with Crippen LogP contribution in [0.5, 0.6) is 0 Å². The van der Waals surface area contributed by atoms with E-state index in [0.717, 1.165) is 5.69 Å². The fourth-order valence-corrected chi connectivity index (χ4v) is 0.565. The maximum Gasteiger partial charge on any atom is 0.0401 e. The first-order chi connectivity index (χ1) is 3.80. The van der Waals surface area contributed by atoms with Crippen molar-refractivity contribution in [3.05, 3.63) is 29.6 Å². The summed E-state index contributed by atoms with van der Waals surface area (Å²) in [7, 11) is 0. The van der Waals surface area contributed by atoms with E-state index in [0.29, 0.717) is 0 Å². The van der Waals surface area contributed by atoms with Crippen LogP contribution in [0.1, 0.15) is 11.3 Å². The summed E-state index contributed by atoms with van der Waals surface area (Å²) in [4.78, 5) is 4.08. The van der Waals surface area contributed by atoms with E-state index in [-0.39, 0.29) is 6.15 Å². The van der Waals surface area contributed by atoms with E-state index < -0.39 is 0 Å². The summed E-state index contributed by atoms with van der Waals surface area (Å²) in [6.45, 7) is 4.07. The summed E-state index contributed by atoms with van der Waals surface area (Å²) in [6, 6.07) is 4.00. The average molecular weight is 124 g/mol. The van der Waals surface area contributed by atoms with Gasteiger partial charge >= 0.3 is 0 Å². The van der Waals surface area contributed by atoms with Crippen molar-refractivity contribution >= 4 is 0 Å². The van der Waals surface area contributed by atoms with Gasteiger partial charge in [-0.05, 0) is 25.5 Å². The number of hydrogen-bond acceptors (Lipinski definition) is 2. The monoisotopic (exact) mass is 124 g/mol. The van der Waals surface area contributed by atoms with Gasteiger partial charge in [0.1, 0.15) is 0 Å². The van der Waals surface area contributed by atoms with Crippen molar-refractivity contribution in [3.8, 4) is 0 Å². The van der Waals surface area contributed by atoms with Gasteiger partial charge in [0, 0.05) is 11.9 Å². The fourth-order valence-electron chi connectivity index (χ4n) is 0.565. The lowest BCUT2D eigenvalue weighted by Gasteiger charge is -1.92. The summed E-state index contributed by atoms with van der Waals surface area (Å²) in [5.74, 6) is 0. The number of pyridine rings is 1. The minimum Gasteiger partial charge on any atom is -0.344 e. The van der Waals surface area contributed by atoms with Crippen LogP contribution in [0.3, 0.4) is 0 Å². The molecule has 0 saturated heterocycles. The summed E-state index contributed by atoms with van der Waals surface area (Å²) in [5, 5.41) is 0. The van der Waals surface area contributed by atoms with Crippen molar-refractivity contribution in [1.82, 2.24) is 11.1 Å². The highest BCUT2D eigenvalue weighted by atomic mass is 14.6. The van der Waals surface area contributed by atoms with E-state index in [4.69, 9.17) is 0 Å². The molecular weight excluding hydrogens is 112 g/mol. The van der Waals surface area contributed by atoms with Gasteiger partial charge in [-0.25, -0.2) is 0 Å². The van der Waals surface area contributed by atoms with Gasteiger partial charge in [0.2, 0.25) is 0 Å². The minimum absolute atomic E-state index is 0. The van der Waals surface area contributed by atoms with Crippen LogP contribution in [0.25, 0.3) is 0 Å². The molecule has 0 aliphatic rings. The summed E-state index contributed by atoms with van der Waals surface area (Å²) < 4.78 is 0. The molecule has 0 aliphatic carbocycles. The van der Waals surface area contributed by atoms with Gasteiger partial charge in [0.15, 0.2) is 0 Å². The first-order valence-corrected chi connectivity index (χ1v) is 2.69. The number of aryl methyl sites for hydroxylation is 2. The Morgan fingerprint density at radius 3 is 2.33 bits per heavy atom. The van der Waals surface area contributed by atoms with E-state index in [2.05, 4.69) is 18.0 Å². The Kier molecular flexibility index (Phi) is 2.88. The Balaban J connectivity index is 0.000000640. The number of aromatic nitrogens is 1. The molecule has 1 aromatic heterocycles. The maximum absolute atomic E-state index is 4.08. The van der Waals surface area contributed by atoms with Crippen molar-refractivity contribution in [1.29, 1.82) is 0 Å². The van der Waals surface area contributed by atoms with Crippen molar-refractivity contribution in [2.24, 2.45) is 0 Å². The van der Waals surface area contributed by atoms with Gasteiger partial charge in [0.05, 0.1) is 0 Å². The Bertz CT molecular complexity index is 163. The van der Waals surface area contributed by atoms with Crippen LogP contribution in [0.4, 0.5) is 0 Å². The summed E-state index contributed by atoms with van der Waals surface area (Å²) in [6.07, 6.45) is 1.81. The normalized spacial score (nSPS) is 8.22. The predicted octanol–water partition coefficient (Wildman–Crippen LogP) is 1.86. The Morgan fingerprint density at radius 1 is 1.33 bits per heavy atom. The number of hydrogen-bond donors (Lipinski definition) is 1. The number of nitrogens with zero attached hydrogens (tertiary/aromatic N) is 1. The van der Waals surface area contributed by atoms with Gasteiger partial charge in [-0.1, -0.05) is 6.07 Å². The molecule has 1 rings (SSSR count). The zero-order valence-corrected chi connectivity index (χ0v) is 5.89. The molecule has 0 spiro atoms. The number of rotatable bonds is 0. The topological polar surface area (TPSA) is 47.9 Å².